The van der Waals surface area contributed by atoms with Crippen molar-refractivity contribution in [1.82, 2.24) is 5.32 Å². The van der Waals surface area contributed by atoms with Gasteiger partial charge in [0, 0.05) is 12.1 Å². The maximum absolute atomic E-state index is 14.2. The number of esters is 1. The molecule has 5 nitrogen and oxygen atoms in total. The second-order valence-electron chi connectivity index (χ2n) is 7.07. The number of ether oxygens (including phenoxy) is 1. The van der Waals surface area contributed by atoms with Gasteiger partial charge in [-0.05, 0) is 58.4 Å². The molecule has 1 saturated heterocycles. The zero-order chi connectivity index (χ0) is 18.8. The predicted molar refractivity (Wildman–Crippen MR) is 95.7 cm³/mol. The van der Waals surface area contributed by atoms with Crippen molar-refractivity contribution >= 4 is 19.2 Å². The SMILES string of the molecule is CNCC(=Cc1cc(C(=O)OC)ccc1F)B1OC(C)(C)C(C)(C)O1. The number of hydrogen-bond donors (Lipinski definition) is 1. The Labute approximate surface area is 148 Å². The van der Waals surface area contributed by atoms with Crippen LogP contribution in [0.15, 0.2) is 23.7 Å². The van der Waals surface area contributed by atoms with Crippen LogP contribution in [0.25, 0.3) is 6.08 Å². The van der Waals surface area contributed by atoms with Crippen molar-refractivity contribution in [2.75, 3.05) is 20.7 Å². The van der Waals surface area contributed by atoms with Crippen LogP contribution in [-0.2, 0) is 14.0 Å². The minimum atomic E-state index is -0.598. The van der Waals surface area contributed by atoms with Gasteiger partial charge in [-0.3, -0.25) is 0 Å². The minimum Gasteiger partial charge on any atom is -0.465 e. The first-order valence-corrected chi connectivity index (χ1v) is 8.20. The van der Waals surface area contributed by atoms with E-state index in [0.717, 1.165) is 5.47 Å². The molecule has 1 aromatic rings. The maximum atomic E-state index is 14.2. The normalized spacial score (nSPS) is 19.2. The summed E-state index contributed by atoms with van der Waals surface area (Å²) in [4.78, 5) is 11.7. The van der Waals surface area contributed by atoms with Crippen molar-refractivity contribution in [2.45, 2.75) is 38.9 Å². The van der Waals surface area contributed by atoms with E-state index in [2.05, 4.69) is 5.32 Å². The van der Waals surface area contributed by atoms with E-state index < -0.39 is 30.1 Å². The van der Waals surface area contributed by atoms with Crippen LogP contribution in [-0.4, -0.2) is 45.0 Å². The molecule has 1 aromatic carbocycles. The van der Waals surface area contributed by atoms with E-state index in [4.69, 9.17) is 14.0 Å². The van der Waals surface area contributed by atoms with E-state index in [-0.39, 0.29) is 11.1 Å². The molecule has 0 aromatic heterocycles. The van der Waals surface area contributed by atoms with Crippen LogP contribution in [0.1, 0.15) is 43.6 Å². The number of hydrogen-bond acceptors (Lipinski definition) is 5. The van der Waals surface area contributed by atoms with Gasteiger partial charge >= 0.3 is 13.1 Å². The van der Waals surface area contributed by atoms with Gasteiger partial charge in [0.1, 0.15) is 5.82 Å². The number of benzene rings is 1. The van der Waals surface area contributed by atoms with Crippen molar-refractivity contribution in [3.8, 4) is 0 Å². The fourth-order valence-electron chi connectivity index (χ4n) is 2.50. The van der Waals surface area contributed by atoms with E-state index >= 15 is 0 Å². The lowest BCUT2D eigenvalue weighted by molar-refractivity contribution is 0.00578. The lowest BCUT2D eigenvalue weighted by atomic mass is 9.77. The number of methoxy groups -OCH3 is 1. The van der Waals surface area contributed by atoms with Gasteiger partial charge in [-0.1, -0.05) is 6.08 Å². The molecule has 0 saturated carbocycles. The molecule has 0 amide bonds. The lowest BCUT2D eigenvalue weighted by Gasteiger charge is -2.32. The van der Waals surface area contributed by atoms with Crippen LogP contribution in [0.5, 0.6) is 0 Å². The molecule has 0 radical (unpaired) electrons. The van der Waals surface area contributed by atoms with Crippen molar-refractivity contribution in [3.05, 3.63) is 40.6 Å². The van der Waals surface area contributed by atoms with Crippen LogP contribution in [0, 0.1) is 5.82 Å². The summed E-state index contributed by atoms with van der Waals surface area (Å²) in [6.07, 6.45) is 1.65. The van der Waals surface area contributed by atoms with Crippen LogP contribution < -0.4 is 5.32 Å². The molecule has 7 heteroatoms. The molecule has 1 aliphatic rings. The molecule has 1 N–H and O–H groups in total. The van der Waals surface area contributed by atoms with Crippen LogP contribution in [0.3, 0.4) is 0 Å². The Morgan fingerprint density at radius 1 is 1.28 bits per heavy atom. The molecule has 2 rings (SSSR count). The van der Waals surface area contributed by atoms with Crippen LogP contribution in [0.2, 0.25) is 0 Å². The Morgan fingerprint density at radius 3 is 2.40 bits per heavy atom. The summed E-state index contributed by atoms with van der Waals surface area (Å²) in [6.45, 7) is 8.30. The van der Waals surface area contributed by atoms with E-state index in [9.17, 15) is 9.18 Å². The van der Waals surface area contributed by atoms with E-state index in [1.165, 1.54) is 25.3 Å². The number of carbonyl (C=O) groups is 1. The predicted octanol–water partition coefficient (Wildman–Crippen LogP) is 2.85. The molecule has 1 fully saturated rings. The molecule has 0 unspecified atom stereocenters. The third-order valence-corrected chi connectivity index (χ3v) is 4.69. The van der Waals surface area contributed by atoms with Gasteiger partial charge in [0.05, 0.1) is 23.9 Å². The maximum Gasteiger partial charge on any atom is 0.491 e. The standard InChI is InChI=1S/C18H25BFNO4/c1-17(2)18(3,4)25-19(24-17)14(11-21-5)10-13-9-12(16(22)23-6)7-8-15(13)20/h7-10,21H,11H2,1-6H3. The molecule has 0 spiro atoms. The lowest BCUT2D eigenvalue weighted by Crippen LogP contribution is -2.41. The summed E-state index contributed by atoms with van der Waals surface area (Å²) < 4.78 is 31.0. The first-order valence-electron chi connectivity index (χ1n) is 8.20. The molecule has 1 heterocycles. The molecular weight excluding hydrogens is 324 g/mol. The second-order valence-corrected chi connectivity index (χ2v) is 7.07. The van der Waals surface area contributed by atoms with Gasteiger partial charge in [0.2, 0.25) is 0 Å². The molecule has 1 aliphatic heterocycles. The summed E-state index contributed by atoms with van der Waals surface area (Å²) in [6, 6.07) is 4.10. The quantitative estimate of drug-likeness (QED) is 0.654. The van der Waals surface area contributed by atoms with Gasteiger partial charge in [0.15, 0.2) is 0 Å². The fraction of sp³-hybridized carbons (Fsp3) is 0.500. The monoisotopic (exact) mass is 349 g/mol. The van der Waals surface area contributed by atoms with Gasteiger partial charge in [-0.25, -0.2) is 9.18 Å². The highest BCUT2D eigenvalue weighted by molar-refractivity contribution is 6.55. The Kier molecular flexibility index (Phi) is 5.71. The largest absolute Gasteiger partial charge is 0.491 e. The van der Waals surface area contributed by atoms with E-state index in [1.807, 2.05) is 27.7 Å². The Morgan fingerprint density at radius 2 is 1.88 bits per heavy atom. The van der Waals surface area contributed by atoms with Gasteiger partial charge in [-0.15, -0.1) is 0 Å². The minimum absolute atomic E-state index is 0.280. The third-order valence-electron chi connectivity index (χ3n) is 4.69. The summed E-state index contributed by atoms with van der Waals surface area (Å²) in [7, 11) is 2.48. The molecule has 0 aliphatic carbocycles. The summed E-state index contributed by atoms with van der Waals surface area (Å²) in [5.74, 6) is -0.946. The van der Waals surface area contributed by atoms with Crippen LogP contribution >= 0.6 is 0 Å². The number of carbonyl (C=O) groups excluding carboxylic acids is 1. The highest BCUT2D eigenvalue weighted by Crippen LogP contribution is 2.38. The van der Waals surface area contributed by atoms with Crippen LogP contribution in [0.4, 0.5) is 4.39 Å². The highest BCUT2D eigenvalue weighted by atomic mass is 19.1. The number of rotatable bonds is 5. The average molecular weight is 349 g/mol. The Bertz CT molecular complexity index is 672. The first-order chi connectivity index (χ1) is 11.6. The van der Waals surface area contributed by atoms with Crippen molar-refractivity contribution in [1.29, 1.82) is 0 Å². The second kappa shape index (κ2) is 7.27. The van der Waals surface area contributed by atoms with E-state index in [1.54, 1.807) is 13.1 Å². The van der Waals surface area contributed by atoms with Crippen molar-refractivity contribution in [2.24, 2.45) is 0 Å². The number of likely N-dealkylation sites (N-methyl/N-ethyl adjacent to an activating group) is 1. The summed E-state index contributed by atoms with van der Waals surface area (Å²) in [5, 5.41) is 3.05. The number of nitrogens with one attached hydrogen (secondary N) is 1. The molecule has 136 valence electrons. The number of halogens is 1. The van der Waals surface area contributed by atoms with Crippen molar-refractivity contribution in [3.63, 3.8) is 0 Å². The van der Waals surface area contributed by atoms with Crippen molar-refractivity contribution < 1.29 is 23.2 Å². The smallest absolute Gasteiger partial charge is 0.465 e. The zero-order valence-corrected chi connectivity index (χ0v) is 15.6. The zero-order valence-electron chi connectivity index (χ0n) is 15.6. The third kappa shape index (κ3) is 4.11. The van der Waals surface area contributed by atoms with Gasteiger partial charge < -0.3 is 19.4 Å². The van der Waals surface area contributed by atoms with E-state index in [0.29, 0.717) is 6.54 Å². The molecule has 0 atom stereocenters. The highest BCUT2D eigenvalue weighted by Gasteiger charge is 2.52. The molecule has 0 bridgehead atoms. The Balaban J connectivity index is 2.40. The molecule has 25 heavy (non-hydrogen) atoms. The summed E-state index contributed by atoms with van der Waals surface area (Å²) >= 11 is 0. The first kappa shape index (κ1) is 19.6. The summed E-state index contributed by atoms with van der Waals surface area (Å²) in [5.41, 5.74) is 0.325. The van der Waals surface area contributed by atoms with Gasteiger partial charge in [0.25, 0.3) is 0 Å². The average Bonchev–Trinajstić information content (AvgIpc) is 2.76. The van der Waals surface area contributed by atoms with Gasteiger partial charge in [-0.2, -0.15) is 0 Å². The fourth-order valence-corrected chi connectivity index (χ4v) is 2.50. The topological polar surface area (TPSA) is 56.8 Å². The molecular formula is C18H25BFNO4. The Hall–Kier alpha value is -1.70.